The van der Waals surface area contributed by atoms with Crippen LogP contribution >= 0.6 is 15.9 Å². The van der Waals surface area contributed by atoms with E-state index in [0.29, 0.717) is 0 Å². The molecule has 0 unspecified atom stereocenters. The summed E-state index contributed by atoms with van der Waals surface area (Å²) in [5, 5.41) is 3.23. The van der Waals surface area contributed by atoms with E-state index in [9.17, 15) is 13.2 Å². The second-order valence-corrected chi connectivity index (χ2v) is 5.93. The maximum absolute atomic E-state index is 12.5. The minimum atomic E-state index is -4.10. The number of benzene rings is 1. The van der Waals surface area contributed by atoms with Gasteiger partial charge in [0.05, 0.1) is 0 Å². The first-order chi connectivity index (χ1) is 9.46. The van der Waals surface area contributed by atoms with Gasteiger partial charge in [0.2, 0.25) is 0 Å². The molecule has 1 aromatic carbocycles. The van der Waals surface area contributed by atoms with E-state index in [1.165, 1.54) is 0 Å². The number of rotatable bonds is 4. The summed E-state index contributed by atoms with van der Waals surface area (Å²) in [7, 11) is 0. The predicted octanol–water partition coefficient (Wildman–Crippen LogP) is 3.74. The normalized spacial score (nSPS) is 19.0. The molecule has 0 spiro atoms. The van der Waals surface area contributed by atoms with Gasteiger partial charge < -0.3 is 5.32 Å². The first-order valence-electron chi connectivity index (χ1n) is 6.73. The van der Waals surface area contributed by atoms with E-state index < -0.39 is 12.6 Å². The molecule has 0 aliphatic carbocycles. The molecule has 6 heteroatoms. The monoisotopic (exact) mass is 350 g/mol. The van der Waals surface area contributed by atoms with Crippen molar-refractivity contribution < 1.29 is 13.2 Å². The molecule has 0 bridgehead atoms. The van der Waals surface area contributed by atoms with Crippen molar-refractivity contribution in [2.24, 2.45) is 0 Å². The Kier molecular flexibility index (Phi) is 5.46. The second kappa shape index (κ2) is 6.91. The molecule has 1 aromatic rings. The lowest BCUT2D eigenvalue weighted by Gasteiger charge is -2.35. The van der Waals surface area contributed by atoms with E-state index in [1.807, 2.05) is 24.3 Å². The Bertz CT molecular complexity index is 431. The fourth-order valence-corrected chi connectivity index (χ4v) is 2.99. The smallest absolute Gasteiger partial charge is 0.314 e. The zero-order valence-corrected chi connectivity index (χ0v) is 12.7. The molecule has 1 saturated heterocycles. The van der Waals surface area contributed by atoms with Crippen molar-refractivity contribution in [1.82, 2.24) is 10.2 Å². The molecule has 1 aliphatic heterocycles. The van der Waals surface area contributed by atoms with Crippen molar-refractivity contribution in [2.75, 3.05) is 26.2 Å². The lowest BCUT2D eigenvalue weighted by atomic mass is 9.99. The largest absolute Gasteiger partial charge is 0.389 e. The summed E-state index contributed by atoms with van der Waals surface area (Å²) in [6.45, 7) is 3.23. The van der Waals surface area contributed by atoms with Crippen molar-refractivity contribution in [3.05, 3.63) is 34.3 Å². The maximum Gasteiger partial charge on any atom is 0.389 e. The molecular weight excluding hydrogens is 333 g/mol. The molecule has 0 saturated carbocycles. The molecule has 2 rings (SSSR count). The zero-order chi connectivity index (χ0) is 14.6. The van der Waals surface area contributed by atoms with Gasteiger partial charge in [0.25, 0.3) is 0 Å². The van der Waals surface area contributed by atoms with Gasteiger partial charge in [-0.1, -0.05) is 28.1 Å². The van der Waals surface area contributed by atoms with Crippen LogP contribution in [-0.2, 0) is 0 Å². The van der Waals surface area contributed by atoms with E-state index in [0.717, 1.165) is 36.2 Å². The number of piperazine rings is 1. The molecule has 1 fully saturated rings. The number of halogens is 4. The first-order valence-corrected chi connectivity index (χ1v) is 7.52. The topological polar surface area (TPSA) is 15.3 Å². The van der Waals surface area contributed by atoms with Crippen LogP contribution in [0.3, 0.4) is 0 Å². The average Bonchev–Trinajstić information content (AvgIpc) is 2.39. The minimum absolute atomic E-state index is 0.111. The molecule has 20 heavy (non-hydrogen) atoms. The molecule has 1 atom stereocenters. The summed E-state index contributed by atoms with van der Waals surface area (Å²) in [5.41, 5.74) is 0.950. The Balaban J connectivity index is 2.14. The highest BCUT2D eigenvalue weighted by Crippen LogP contribution is 2.32. The van der Waals surface area contributed by atoms with E-state index >= 15 is 0 Å². The quantitative estimate of drug-likeness (QED) is 0.889. The third-order valence-electron chi connectivity index (χ3n) is 3.53. The third-order valence-corrected chi connectivity index (χ3v) is 4.02. The van der Waals surface area contributed by atoms with Gasteiger partial charge in [-0.15, -0.1) is 0 Å². The average molecular weight is 351 g/mol. The summed E-state index contributed by atoms with van der Waals surface area (Å²) in [4.78, 5) is 2.14. The van der Waals surface area contributed by atoms with E-state index in [2.05, 4.69) is 26.1 Å². The highest BCUT2D eigenvalue weighted by Gasteiger charge is 2.31. The zero-order valence-electron chi connectivity index (χ0n) is 11.1. The Hall–Kier alpha value is -0.590. The number of nitrogens with one attached hydrogen (secondary N) is 1. The molecule has 112 valence electrons. The fraction of sp³-hybridized carbons (Fsp3) is 0.571. The summed E-state index contributed by atoms with van der Waals surface area (Å²) in [6, 6.07) is 7.43. The highest BCUT2D eigenvalue weighted by molar-refractivity contribution is 9.10. The number of nitrogens with zero attached hydrogens (tertiary/aromatic N) is 1. The van der Waals surface area contributed by atoms with Gasteiger partial charge in [-0.2, -0.15) is 13.2 Å². The van der Waals surface area contributed by atoms with E-state index in [1.54, 1.807) is 0 Å². The Morgan fingerprint density at radius 1 is 1.25 bits per heavy atom. The van der Waals surface area contributed by atoms with Crippen LogP contribution in [0.25, 0.3) is 0 Å². The summed E-state index contributed by atoms with van der Waals surface area (Å²) < 4.78 is 38.5. The molecule has 2 nitrogen and oxygen atoms in total. The summed E-state index contributed by atoms with van der Waals surface area (Å²) >= 11 is 3.39. The van der Waals surface area contributed by atoms with Crippen LogP contribution in [0.4, 0.5) is 13.2 Å². The fourth-order valence-electron chi connectivity index (χ4n) is 2.57. The van der Waals surface area contributed by atoms with Gasteiger partial charge in [0, 0.05) is 43.1 Å². The van der Waals surface area contributed by atoms with Crippen molar-refractivity contribution >= 4 is 15.9 Å². The lowest BCUT2D eigenvalue weighted by Crippen LogP contribution is -2.45. The van der Waals surface area contributed by atoms with Crippen LogP contribution in [0.5, 0.6) is 0 Å². The number of hydrogen-bond acceptors (Lipinski definition) is 2. The Morgan fingerprint density at radius 2 is 1.95 bits per heavy atom. The Morgan fingerprint density at radius 3 is 2.55 bits per heavy atom. The van der Waals surface area contributed by atoms with Crippen molar-refractivity contribution in [1.29, 1.82) is 0 Å². The SMILES string of the molecule is FC(F)(F)CC[C@@H](c1cccc(Br)c1)N1CCNCC1. The third kappa shape index (κ3) is 4.75. The van der Waals surface area contributed by atoms with Crippen LogP contribution < -0.4 is 5.32 Å². The van der Waals surface area contributed by atoms with Crippen LogP contribution in [0, 0.1) is 0 Å². The molecular formula is C14H18BrF3N2. The predicted molar refractivity (Wildman–Crippen MR) is 76.6 cm³/mol. The van der Waals surface area contributed by atoms with Gasteiger partial charge >= 0.3 is 6.18 Å². The van der Waals surface area contributed by atoms with Gasteiger partial charge in [0.15, 0.2) is 0 Å². The van der Waals surface area contributed by atoms with E-state index in [4.69, 9.17) is 0 Å². The highest BCUT2D eigenvalue weighted by atomic mass is 79.9. The Labute approximate surface area is 125 Å². The van der Waals surface area contributed by atoms with Gasteiger partial charge in [-0.25, -0.2) is 0 Å². The minimum Gasteiger partial charge on any atom is -0.314 e. The molecule has 1 aliphatic rings. The van der Waals surface area contributed by atoms with Crippen molar-refractivity contribution in [2.45, 2.75) is 25.1 Å². The first kappa shape index (κ1) is 15.8. The second-order valence-electron chi connectivity index (χ2n) is 5.01. The van der Waals surface area contributed by atoms with Crippen LogP contribution in [0.2, 0.25) is 0 Å². The molecule has 1 heterocycles. The summed E-state index contributed by atoms with van der Waals surface area (Å²) in [5.74, 6) is 0. The van der Waals surface area contributed by atoms with Crippen molar-refractivity contribution in [3.8, 4) is 0 Å². The van der Waals surface area contributed by atoms with E-state index in [-0.39, 0.29) is 12.5 Å². The van der Waals surface area contributed by atoms with Gasteiger partial charge in [0.1, 0.15) is 0 Å². The summed E-state index contributed by atoms with van der Waals surface area (Å²) in [6.07, 6.45) is -4.73. The molecule has 0 amide bonds. The number of alkyl halides is 3. The van der Waals surface area contributed by atoms with Crippen molar-refractivity contribution in [3.63, 3.8) is 0 Å². The van der Waals surface area contributed by atoms with Crippen LogP contribution in [0.15, 0.2) is 28.7 Å². The maximum atomic E-state index is 12.5. The molecule has 0 radical (unpaired) electrons. The molecule has 1 N–H and O–H groups in total. The van der Waals surface area contributed by atoms with Gasteiger partial charge in [-0.05, 0) is 24.1 Å². The lowest BCUT2D eigenvalue weighted by molar-refractivity contribution is -0.138. The van der Waals surface area contributed by atoms with Crippen LogP contribution in [0.1, 0.15) is 24.4 Å². The van der Waals surface area contributed by atoms with Gasteiger partial charge in [-0.3, -0.25) is 4.90 Å². The standard InChI is InChI=1S/C14H18BrF3N2/c15-12-3-1-2-11(10-12)13(4-5-14(16,17)18)20-8-6-19-7-9-20/h1-3,10,13,19H,4-9H2/t13-/m0/s1. The molecule has 0 aromatic heterocycles. The number of hydrogen-bond donors (Lipinski definition) is 1. The van der Waals surface area contributed by atoms with Crippen LogP contribution in [-0.4, -0.2) is 37.3 Å².